The van der Waals surface area contributed by atoms with E-state index in [1.165, 1.54) is 116 Å². The molecule has 0 aromatic heterocycles. The van der Waals surface area contributed by atoms with E-state index in [1.54, 1.807) is 11.1 Å². The van der Waals surface area contributed by atoms with Gasteiger partial charge in [-0.05, 0) is 120 Å². The average molecular weight is 896 g/mol. The molecule has 1 aliphatic carbocycles. The van der Waals surface area contributed by atoms with E-state index >= 15 is 0 Å². The summed E-state index contributed by atoms with van der Waals surface area (Å²) in [5.74, 6) is 0. The Morgan fingerprint density at radius 1 is 0.645 bits per heavy atom. The van der Waals surface area contributed by atoms with Crippen molar-refractivity contribution in [1.29, 1.82) is 0 Å². The number of halogens is 5. The van der Waals surface area contributed by atoms with Crippen molar-refractivity contribution in [2.24, 2.45) is 5.41 Å². The van der Waals surface area contributed by atoms with Crippen LogP contribution in [0.3, 0.4) is 0 Å². The molecule has 0 nitrogen and oxygen atoms in total. The van der Waals surface area contributed by atoms with Crippen LogP contribution < -0.4 is 0 Å². The minimum atomic E-state index is 0.437. The zero-order chi connectivity index (χ0) is 22.8. The Bertz CT molecular complexity index is 507. The number of allylic oxidation sites excluding steroid dienone is 4. The predicted octanol–water partition coefficient (Wildman–Crippen LogP) is 11.5. The fourth-order valence-corrected chi connectivity index (χ4v) is 7.31. The van der Waals surface area contributed by atoms with E-state index in [1.807, 2.05) is 5.57 Å². The molecular formula is C26H43Br2I3. The van der Waals surface area contributed by atoms with Crippen molar-refractivity contribution in [2.75, 3.05) is 23.9 Å². The van der Waals surface area contributed by atoms with Crippen molar-refractivity contribution in [3.8, 4) is 0 Å². The number of hydrogen-bond donors (Lipinski definition) is 0. The summed E-state index contributed by atoms with van der Waals surface area (Å²) >= 11 is 15.0. The van der Waals surface area contributed by atoms with Gasteiger partial charge in [-0.2, -0.15) is 0 Å². The Balaban J connectivity index is 3.20. The standard InChI is InChI=1S/C26H43Br2I3/c27-16-6-1-13-25-23(11-2-8-18-29)21-26(14-4-7-17-28,15-5-10-20-31)22-24(25)12-3-9-19-30/h21H,1-20,22H2. The first-order valence-corrected chi connectivity index (χ1v) is 19.2. The lowest BCUT2D eigenvalue weighted by Gasteiger charge is -2.39. The molecule has 1 atom stereocenters. The quantitative estimate of drug-likeness (QED) is 0.0649. The summed E-state index contributed by atoms with van der Waals surface area (Å²) in [6.45, 7) is 0. The van der Waals surface area contributed by atoms with Gasteiger partial charge in [-0.25, -0.2) is 0 Å². The van der Waals surface area contributed by atoms with Gasteiger partial charge in [-0.3, -0.25) is 0 Å². The summed E-state index contributed by atoms with van der Waals surface area (Å²) in [4.78, 5) is 0. The molecule has 1 aliphatic rings. The van der Waals surface area contributed by atoms with Crippen LogP contribution in [-0.2, 0) is 0 Å². The molecule has 0 spiro atoms. The molecule has 0 aromatic carbocycles. The van der Waals surface area contributed by atoms with Gasteiger partial charge in [0.05, 0.1) is 0 Å². The van der Waals surface area contributed by atoms with E-state index in [9.17, 15) is 0 Å². The summed E-state index contributed by atoms with van der Waals surface area (Å²) in [6, 6.07) is 0. The zero-order valence-electron chi connectivity index (χ0n) is 19.3. The van der Waals surface area contributed by atoms with Crippen LogP contribution in [0.2, 0.25) is 0 Å². The second kappa shape index (κ2) is 20.8. The van der Waals surface area contributed by atoms with Crippen LogP contribution in [0.15, 0.2) is 22.8 Å². The lowest BCUT2D eigenvalue weighted by molar-refractivity contribution is 0.289. The first-order valence-electron chi connectivity index (χ1n) is 12.4. The van der Waals surface area contributed by atoms with E-state index in [0.717, 1.165) is 10.7 Å². The van der Waals surface area contributed by atoms with Crippen LogP contribution in [0.25, 0.3) is 0 Å². The third kappa shape index (κ3) is 13.5. The molecule has 0 bridgehead atoms. The predicted molar refractivity (Wildman–Crippen MR) is 176 cm³/mol. The molecule has 5 heteroatoms. The lowest BCUT2D eigenvalue weighted by atomic mass is 9.66. The minimum Gasteiger partial charge on any atom is -0.0928 e. The molecule has 0 fully saturated rings. The highest BCUT2D eigenvalue weighted by Gasteiger charge is 2.33. The fraction of sp³-hybridized carbons (Fsp3) is 0.846. The minimum absolute atomic E-state index is 0.437. The van der Waals surface area contributed by atoms with Crippen LogP contribution >= 0.6 is 99.6 Å². The molecule has 0 radical (unpaired) electrons. The average Bonchev–Trinajstić information content (AvgIpc) is 2.76. The Labute approximate surface area is 251 Å². The van der Waals surface area contributed by atoms with Gasteiger partial charge in [0.15, 0.2) is 0 Å². The van der Waals surface area contributed by atoms with Gasteiger partial charge in [-0.15, -0.1) is 0 Å². The van der Waals surface area contributed by atoms with Gasteiger partial charge in [-0.1, -0.05) is 124 Å². The second-order valence-corrected chi connectivity index (χ2v) is 13.8. The molecule has 0 N–H and O–H groups in total. The van der Waals surface area contributed by atoms with Crippen LogP contribution in [-0.4, -0.2) is 23.9 Å². The van der Waals surface area contributed by atoms with E-state index in [0.29, 0.717) is 5.41 Å². The number of unbranched alkanes of at least 4 members (excludes halogenated alkanes) is 5. The van der Waals surface area contributed by atoms with Crippen molar-refractivity contribution < 1.29 is 0 Å². The van der Waals surface area contributed by atoms with Gasteiger partial charge < -0.3 is 0 Å². The van der Waals surface area contributed by atoms with Crippen molar-refractivity contribution in [3.05, 3.63) is 22.8 Å². The summed E-state index contributed by atoms with van der Waals surface area (Å²) < 4.78 is 3.90. The molecule has 1 rings (SSSR count). The van der Waals surface area contributed by atoms with Gasteiger partial charge in [0.25, 0.3) is 0 Å². The lowest BCUT2D eigenvalue weighted by Crippen LogP contribution is -2.25. The normalized spacial score (nSPS) is 19.2. The molecule has 0 saturated heterocycles. The first kappa shape index (κ1) is 31.7. The third-order valence-electron chi connectivity index (χ3n) is 6.48. The van der Waals surface area contributed by atoms with E-state index in [2.05, 4.69) is 106 Å². The van der Waals surface area contributed by atoms with Crippen molar-refractivity contribution >= 4 is 99.6 Å². The summed E-state index contributed by atoms with van der Waals surface area (Å²) in [5.41, 5.74) is 5.86. The SMILES string of the molecule is BrCCCCC1=C(CCCCI)CC(CCCCBr)(CCCCI)C=C1CCCCI. The van der Waals surface area contributed by atoms with Crippen molar-refractivity contribution in [3.63, 3.8) is 0 Å². The summed E-state index contributed by atoms with van der Waals surface area (Å²) in [7, 11) is 0. The van der Waals surface area contributed by atoms with Gasteiger partial charge in [0.2, 0.25) is 0 Å². The smallest absolute Gasteiger partial charge is 0.00314 e. The Hall–Kier alpha value is 2.63. The molecular weight excluding hydrogens is 853 g/mol. The second-order valence-electron chi connectivity index (χ2n) is 9.02. The van der Waals surface area contributed by atoms with E-state index in [-0.39, 0.29) is 0 Å². The highest BCUT2D eigenvalue weighted by atomic mass is 127. The Morgan fingerprint density at radius 3 is 1.77 bits per heavy atom. The largest absolute Gasteiger partial charge is 0.0928 e. The Morgan fingerprint density at radius 2 is 1.16 bits per heavy atom. The maximum absolute atomic E-state index is 3.68. The molecule has 0 saturated carbocycles. The van der Waals surface area contributed by atoms with Gasteiger partial charge in [0.1, 0.15) is 0 Å². The fourth-order valence-electron chi connectivity index (χ4n) is 4.89. The van der Waals surface area contributed by atoms with Gasteiger partial charge in [0, 0.05) is 10.7 Å². The van der Waals surface area contributed by atoms with Crippen molar-refractivity contribution in [2.45, 2.75) is 103 Å². The highest BCUT2D eigenvalue weighted by molar-refractivity contribution is 14.1. The maximum Gasteiger partial charge on any atom is 0.00314 e. The molecule has 182 valence electrons. The molecule has 0 aliphatic heterocycles. The van der Waals surface area contributed by atoms with Crippen molar-refractivity contribution in [1.82, 2.24) is 0 Å². The number of alkyl halides is 5. The van der Waals surface area contributed by atoms with E-state index < -0.39 is 0 Å². The Kier molecular flexibility index (Phi) is 21.2. The first-order chi connectivity index (χ1) is 15.2. The number of hydrogen-bond acceptors (Lipinski definition) is 0. The number of rotatable bonds is 20. The van der Waals surface area contributed by atoms with Crippen LogP contribution in [0.4, 0.5) is 0 Å². The molecule has 0 aromatic rings. The third-order valence-corrected chi connectivity index (χ3v) is 9.89. The zero-order valence-corrected chi connectivity index (χ0v) is 29.0. The van der Waals surface area contributed by atoms with Crippen LogP contribution in [0, 0.1) is 5.41 Å². The van der Waals surface area contributed by atoms with E-state index in [4.69, 9.17) is 0 Å². The maximum atomic E-state index is 3.68. The topological polar surface area (TPSA) is 0 Å². The monoisotopic (exact) mass is 894 g/mol. The summed E-state index contributed by atoms with van der Waals surface area (Å²) in [6.07, 6.45) is 24.6. The van der Waals surface area contributed by atoms with Gasteiger partial charge >= 0.3 is 0 Å². The molecule has 1 unspecified atom stereocenters. The molecule has 0 heterocycles. The van der Waals surface area contributed by atoms with Crippen LogP contribution in [0.1, 0.15) is 103 Å². The molecule has 0 amide bonds. The summed E-state index contributed by atoms with van der Waals surface area (Å²) in [5, 5.41) is 2.30. The van der Waals surface area contributed by atoms with Crippen LogP contribution in [0.5, 0.6) is 0 Å². The molecule has 31 heavy (non-hydrogen) atoms. The highest BCUT2D eigenvalue weighted by Crippen LogP contribution is 2.48.